The van der Waals surface area contributed by atoms with Crippen LogP contribution in [0.1, 0.15) is 27.7 Å². The highest BCUT2D eigenvalue weighted by Crippen LogP contribution is 1.99. The smallest absolute Gasteiger partial charge is 0.333 e. The molecule has 0 aliphatic heterocycles. The number of aromatic nitrogens is 3. The van der Waals surface area contributed by atoms with Crippen molar-refractivity contribution in [3.63, 3.8) is 0 Å². The molecule has 0 spiro atoms. The van der Waals surface area contributed by atoms with Crippen LogP contribution < -0.4 is 21.3 Å². The van der Waals surface area contributed by atoms with Gasteiger partial charge in [0.05, 0.1) is 6.04 Å². The van der Waals surface area contributed by atoms with E-state index in [1.165, 1.54) is 0 Å². The van der Waals surface area contributed by atoms with Crippen LogP contribution in [-0.2, 0) is 0 Å². The van der Waals surface area contributed by atoms with Gasteiger partial charge in [0.15, 0.2) is 0 Å². The molecule has 0 radical (unpaired) electrons. The van der Waals surface area contributed by atoms with Gasteiger partial charge in [-0.15, -0.1) is 0 Å². The van der Waals surface area contributed by atoms with E-state index >= 15 is 0 Å². The first-order valence-electron chi connectivity index (χ1n) is 5.04. The molecule has 0 aliphatic carbocycles. The molecule has 1 heterocycles. The molecule has 0 saturated heterocycles. The Balaban J connectivity index is 2.90. The number of hydrogen-bond acceptors (Lipinski definition) is 4. The fraction of sp³-hybridized carbons (Fsp3) is 0.667. The van der Waals surface area contributed by atoms with Crippen LogP contribution in [0.4, 0.5) is 11.9 Å². The molecule has 0 aliphatic rings. The first-order valence-corrected chi connectivity index (χ1v) is 5.04. The van der Waals surface area contributed by atoms with E-state index in [0.717, 1.165) is 0 Å². The zero-order chi connectivity index (χ0) is 11.4. The van der Waals surface area contributed by atoms with Gasteiger partial charge >= 0.3 is 17.6 Å². The Morgan fingerprint density at radius 1 is 1.20 bits per heavy atom. The minimum absolute atomic E-state index is 0.224. The van der Waals surface area contributed by atoms with Gasteiger partial charge in [-0.05, 0) is 27.7 Å². The Morgan fingerprint density at radius 2 is 1.80 bits per heavy atom. The molecule has 0 atom stereocenters. The zero-order valence-corrected chi connectivity index (χ0v) is 9.51. The van der Waals surface area contributed by atoms with Gasteiger partial charge in [0.2, 0.25) is 0 Å². The molecule has 6 nitrogen and oxygen atoms in total. The Hall–Kier alpha value is -1.59. The summed E-state index contributed by atoms with van der Waals surface area (Å²) in [4.78, 5) is 20.6. The van der Waals surface area contributed by atoms with Gasteiger partial charge in [0.1, 0.15) is 0 Å². The lowest BCUT2D eigenvalue weighted by atomic mass is 10.4. The van der Waals surface area contributed by atoms with Crippen molar-refractivity contribution < 1.29 is 4.98 Å². The second-order valence-corrected chi connectivity index (χ2v) is 3.99. The maximum atomic E-state index is 11.2. The third-order valence-corrected chi connectivity index (χ3v) is 1.54. The SMILES string of the molecule is CC(C)Nc1nc(NC(C)C)[nH+]c(=O)[nH]1. The monoisotopic (exact) mass is 212 g/mol. The Bertz CT molecular complexity index is 340. The number of hydrogen-bond donors (Lipinski definition) is 3. The van der Waals surface area contributed by atoms with Gasteiger partial charge < -0.3 is 5.32 Å². The quantitative estimate of drug-likeness (QED) is 0.667. The Kier molecular flexibility index (Phi) is 3.65. The summed E-state index contributed by atoms with van der Waals surface area (Å²) >= 11 is 0. The summed E-state index contributed by atoms with van der Waals surface area (Å²) in [6.07, 6.45) is 0. The molecule has 0 amide bonds. The van der Waals surface area contributed by atoms with E-state index in [0.29, 0.717) is 11.9 Å². The molecule has 0 saturated carbocycles. The second kappa shape index (κ2) is 4.77. The maximum absolute atomic E-state index is 11.2. The lowest BCUT2D eigenvalue weighted by Crippen LogP contribution is -2.36. The van der Waals surface area contributed by atoms with Crippen molar-refractivity contribution >= 4 is 11.9 Å². The fourth-order valence-corrected chi connectivity index (χ4v) is 1.10. The van der Waals surface area contributed by atoms with Gasteiger partial charge in [0, 0.05) is 6.04 Å². The number of aromatic amines is 2. The van der Waals surface area contributed by atoms with Gasteiger partial charge in [0.25, 0.3) is 0 Å². The first-order chi connectivity index (χ1) is 6.97. The number of nitrogens with one attached hydrogen (secondary N) is 4. The van der Waals surface area contributed by atoms with Crippen LogP contribution in [-0.4, -0.2) is 22.1 Å². The largest absolute Gasteiger partial charge is 0.415 e. The van der Waals surface area contributed by atoms with E-state index in [-0.39, 0.29) is 17.8 Å². The summed E-state index contributed by atoms with van der Waals surface area (Å²) in [6, 6.07) is 0.449. The summed E-state index contributed by atoms with van der Waals surface area (Å²) in [5.74, 6) is 0.939. The van der Waals surface area contributed by atoms with E-state index in [1.54, 1.807) is 0 Å². The van der Waals surface area contributed by atoms with Gasteiger partial charge in [-0.1, -0.05) is 4.98 Å². The van der Waals surface area contributed by atoms with E-state index in [2.05, 4.69) is 25.6 Å². The molecule has 84 valence electrons. The summed E-state index contributed by atoms with van der Waals surface area (Å²) in [5.41, 5.74) is -0.281. The third kappa shape index (κ3) is 3.97. The number of anilines is 2. The molecule has 1 rings (SSSR count). The number of rotatable bonds is 4. The van der Waals surface area contributed by atoms with E-state index in [4.69, 9.17) is 0 Å². The average Bonchev–Trinajstić information content (AvgIpc) is 1.98. The topological polar surface area (TPSA) is 83.9 Å². The molecular formula is C9H18N5O+. The van der Waals surface area contributed by atoms with Crippen molar-refractivity contribution in [3.05, 3.63) is 10.5 Å². The van der Waals surface area contributed by atoms with Crippen LogP contribution >= 0.6 is 0 Å². The molecule has 4 N–H and O–H groups in total. The Morgan fingerprint density at radius 3 is 2.33 bits per heavy atom. The summed E-state index contributed by atoms with van der Waals surface area (Å²) in [6.45, 7) is 7.91. The van der Waals surface area contributed by atoms with Crippen LogP contribution in [0.15, 0.2) is 4.79 Å². The molecule has 0 unspecified atom stereocenters. The molecule has 1 aromatic rings. The van der Waals surface area contributed by atoms with Crippen molar-refractivity contribution in [1.29, 1.82) is 0 Å². The highest BCUT2D eigenvalue weighted by Gasteiger charge is 2.10. The highest BCUT2D eigenvalue weighted by atomic mass is 16.1. The van der Waals surface area contributed by atoms with Gasteiger partial charge in [-0.25, -0.2) is 14.8 Å². The molecule has 0 aromatic carbocycles. The minimum Gasteiger partial charge on any atom is -0.333 e. The maximum Gasteiger partial charge on any atom is 0.415 e. The van der Waals surface area contributed by atoms with Crippen LogP contribution in [0.3, 0.4) is 0 Å². The van der Waals surface area contributed by atoms with Crippen molar-refractivity contribution in [3.8, 4) is 0 Å². The second-order valence-electron chi connectivity index (χ2n) is 3.99. The van der Waals surface area contributed by atoms with Crippen molar-refractivity contribution in [2.75, 3.05) is 10.6 Å². The molecular weight excluding hydrogens is 194 g/mol. The minimum atomic E-state index is -0.281. The van der Waals surface area contributed by atoms with Crippen LogP contribution in [0.2, 0.25) is 0 Å². The predicted molar refractivity (Wildman–Crippen MR) is 58.9 cm³/mol. The van der Waals surface area contributed by atoms with Crippen molar-refractivity contribution in [1.82, 2.24) is 9.97 Å². The molecule has 0 bridgehead atoms. The van der Waals surface area contributed by atoms with E-state index < -0.39 is 0 Å². The standard InChI is InChI=1S/C9H17N5O/c1-5(2)10-7-12-8(11-6(3)4)14-9(15)13-7/h5-6H,1-4H3,(H3,10,11,12,13,14,15)/p+1. The van der Waals surface area contributed by atoms with Gasteiger partial charge in [-0.3, -0.25) is 5.32 Å². The van der Waals surface area contributed by atoms with Crippen LogP contribution in [0.25, 0.3) is 0 Å². The number of H-pyrrole nitrogens is 2. The van der Waals surface area contributed by atoms with Crippen LogP contribution in [0.5, 0.6) is 0 Å². The predicted octanol–water partition coefficient (Wildman–Crippen LogP) is 0.225. The molecule has 0 fully saturated rings. The van der Waals surface area contributed by atoms with Crippen molar-refractivity contribution in [2.24, 2.45) is 0 Å². The fourth-order valence-electron chi connectivity index (χ4n) is 1.10. The zero-order valence-electron chi connectivity index (χ0n) is 9.51. The Labute approximate surface area is 88.5 Å². The van der Waals surface area contributed by atoms with Crippen LogP contribution in [0, 0.1) is 0 Å². The van der Waals surface area contributed by atoms with E-state index in [9.17, 15) is 4.79 Å². The van der Waals surface area contributed by atoms with Gasteiger partial charge in [-0.2, -0.15) is 0 Å². The summed E-state index contributed by atoms with van der Waals surface area (Å²) < 4.78 is 0. The number of nitrogens with zero attached hydrogens (tertiary/aromatic N) is 1. The van der Waals surface area contributed by atoms with Crippen molar-refractivity contribution in [2.45, 2.75) is 39.8 Å². The molecule has 6 heteroatoms. The highest BCUT2D eigenvalue weighted by molar-refractivity contribution is 5.29. The molecule has 1 aromatic heterocycles. The lowest BCUT2D eigenvalue weighted by molar-refractivity contribution is -0.389. The summed E-state index contributed by atoms with van der Waals surface area (Å²) in [7, 11) is 0. The normalized spacial score (nSPS) is 10.8. The first kappa shape index (κ1) is 11.5. The third-order valence-electron chi connectivity index (χ3n) is 1.54. The summed E-state index contributed by atoms with van der Waals surface area (Å²) in [5, 5.41) is 6.07. The molecule has 15 heavy (non-hydrogen) atoms. The average molecular weight is 212 g/mol. The lowest BCUT2D eigenvalue weighted by Gasteiger charge is -2.06. The van der Waals surface area contributed by atoms with E-state index in [1.807, 2.05) is 27.7 Å².